The molecule has 1 aromatic heterocycles. The van der Waals surface area contributed by atoms with E-state index >= 15 is 0 Å². The summed E-state index contributed by atoms with van der Waals surface area (Å²) in [5, 5.41) is 10.1. The first-order valence-corrected chi connectivity index (χ1v) is 11.1. The molecule has 9 heteroatoms. The zero-order chi connectivity index (χ0) is 20.6. The summed E-state index contributed by atoms with van der Waals surface area (Å²) < 4.78 is 5.08. The molecule has 0 aliphatic carbocycles. The average Bonchev–Trinajstić information content (AvgIpc) is 3.12. The second kappa shape index (κ2) is 12.6. The van der Waals surface area contributed by atoms with Crippen molar-refractivity contribution in [2.45, 2.75) is 65.3 Å². The number of guanidine groups is 1. The van der Waals surface area contributed by atoms with Crippen molar-refractivity contribution < 1.29 is 9.53 Å². The molecule has 1 fully saturated rings. The van der Waals surface area contributed by atoms with E-state index in [-0.39, 0.29) is 35.5 Å². The number of thiazole rings is 1. The number of hydrogen-bond acceptors (Lipinski definition) is 5. The van der Waals surface area contributed by atoms with Gasteiger partial charge in [0.05, 0.1) is 17.3 Å². The van der Waals surface area contributed by atoms with E-state index in [0.29, 0.717) is 32.3 Å². The Balaban J connectivity index is 0.00000420. The number of ether oxygens (including phenoxy) is 1. The van der Waals surface area contributed by atoms with Gasteiger partial charge in [0.25, 0.3) is 0 Å². The molecule has 166 valence electrons. The number of piperidine rings is 1. The number of aromatic nitrogens is 1. The van der Waals surface area contributed by atoms with Gasteiger partial charge in [-0.2, -0.15) is 0 Å². The van der Waals surface area contributed by atoms with Gasteiger partial charge in [0.1, 0.15) is 0 Å². The van der Waals surface area contributed by atoms with E-state index in [1.165, 1.54) is 0 Å². The number of hydrogen-bond donors (Lipinski definition) is 2. The molecule has 0 atom stereocenters. The zero-order valence-corrected chi connectivity index (χ0v) is 21.4. The Kier molecular flexibility index (Phi) is 11.2. The summed E-state index contributed by atoms with van der Waals surface area (Å²) in [4.78, 5) is 23.0. The van der Waals surface area contributed by atoms with Crippen molar-refractivity contribution in [3.63, 3.8) is 0 Å². The molecule has 1 amide bonds. The predicted octanol–water partition coefficient (Wildman–Crippen LogP) is 3.78. The van der Waals surface area contributed by atoms with Gasteiger partial charge in [0.2, 0.25) is 0 Å². The maximum Gasteiger partial charge on any atom is 0.409 e. The van der Waals surface area contributed by atoms with Crippen LogP contribution in [0.4, 0.5) is 4.79 Å². The summed E-state index contributed by atoms with van der Waals surface area (Å²) >= 11 is 1.71. The van der Waals surface area contributed by atoms with Crippen LogP contribution in [0.25, 0.3) is 0 Å². The monoisotopic (exact) mass is 537 g/mol. The first kappa shape index (κ1) is 25.9. The standard InChI is InChI=1S/C20H35N5O2S.HI/c1-6-21-18(22-11-8-17-24-16(14-28-17)20(3,4)5)23-15-9-12-25(13-10-15)19(26)27-7-2;/h14-15H,6-13H2,1-5H3,(H2,21,22,23);1H. The minimum Gasteiger partial charge on any atom is -0.450 e. The van der Waals surface area contributed by atoms with Gasteiger partial charge < -0.3 is 20.3 Å². The minimum absolute atomic E-state index is 0. The molecule has 2 rings (SSSR count). The van der Waals surface area contributed by atoms with Gasteiger partial charge in [-0.15, -0.1) is 35.3 Å². The topological polar surface area (TPSA) is 78.9 Å². The summed E-state index contributed by atoms with van der Waals surface area (Å²) in [6.07, 6.45) is 2.42. The number of likely N-dealkylation sites (tertiary alicyclic amines) is 1. The highest BCUT2D eigenvalue weighted by Crippen LogP contribution is 2.24. The number of halogens is 1. The van der Waals surface area contributed by atoms with Gasteiger partial charge in [0, 0.05) is 49.4 Å². The molecule has 0 saturated carbocycles. The number of amides is 1. The first-order chi connectivity index (χ1) is 13.3. The predicted molar refractivity (Wildman–Crippen MR) is 131 cm³/mol. The highest BCUT2D eigenvalue weighted by atomic mass is 127. The molecule has 0 bridgehead atoms. The number of nitrogens with zero attached hydrogens (tertiary/aromatic N) is 3. The maximum atomic E-state index is 11.8. The summed E-state index contributed by atoms with van der Waals surface area (Å²) in [6.45, 7) is 13.8. The van der Waals surface area contributed by atoms with Crippen molar-refractivity contribution >= 4 is 47.4 Å². The van der Waals surface area contributed by atoms with E-state index in [2.05, 4.69) is 43.7 Å². The molecule has 2 N–H and O–H groups in total. The Labute approximate surface area is 196 Å². The lowest BCUT2D eigenvalue weighted by Crippen LogP contribution is -2.50. The molecule has 0 spiro atoms. The van der Waals surface area contributed by atoms with Crippen LogP contribution < -0.4 is 10.6 Å². The van der Waals surface area contributed by atoms with Crippen molar-refractivity contribution in [1.82, 2.24) is 20.5 Å². The number of carbonyl (C=O) groups excluding carboxylic acids is 1. The molecular formula is C20H36IN5O2S. The Hall–Kier alpha value is -1.10. The van der Waals surface area contributed by atoms with Crippen molar-refractivity contribution in [2.24, 2.45) is 4.99 Å². The second-order valence-electron chi connectivity index (χ2n) is 7.99. The highest BCUT2D eigenvalue weighted by Gasteiger charge is 2.24. The molecule has 1 aromatic rings. The van der Waals surface area contributed by atoms with E-state index in [4.69, 9.17) is 14.7 Å². The average molecular weight is 538 g/mol. The molecule has 1 saturated heterocycles. The van der Waals surface area contributed by atoms with Crippen LogP contribution in [0.1, 0.15) is 58.2 Å². The van der Waals surface area contributed by atoms with Gasteiger partial charge in [-0.05, 0) is 26.7 Å². The van der Waals surface area contributed by atoms with Crippen molar-refractivity contribution in [3.05, 3.63) is 16.1 Å². The SMILES string of the molecule is CCNC(=NCCc1nc(C(C)(C)C)cs1)NC1CCN(C(=O)OCC)CC1.I. The smallest absolute Gasteiger partial charge is 0.409 e. The van der Waals surface area contributed by atoms with Crippen LogP contribution in [0.5, 0.6) is 0 Å². The molecule has 7 nitrogen and oxygen atoms in total. The lowest BCUT2D eigenvalue weighted by molar-refractivity contribution is 0.0963. The molecule has 1 aliphatic heterocycles. The van der Waals surface area contributed by atoms with Crippen LogP contribution in [-0.2, 0) is 16.6 Å². The van der Waals surface area contributed by atoms with Crippen molar-refractivity contribution in [3.8, 4) is 0 Å². The van der Waals surface area contributed by atoms with Crippen LogP contribution in [0, 0.1) is 0 Å². The van der Waals surface area contributed by atoms with Gasteiger partial charge in [0.15, 0.2) is 5.96 Å². The van der Waals surface area contributed by atoms with E-state index < -0.39 is 0 Å². The van der Waals surface area contributed by atoms with Crippen LogP contribution in [0.15, 0.2) is 10.4 Å². The third-order valence-corrected chi connectivity index (χ3v) is 5.53. The zero-order valence-electron chi connectivity index (χ0n) is 18.3. The third kappa shape index (κ3) is 8.65. The minimum atomic E-state index is -0.209. The first-order valence-electron chi connectivity index (χ1n) is 10.2. The molecular weight excluding hydrogens is 501 g/mol. The van der Waals surface area contributed by atoms with Gasteiger partial charge in [-0.25, -0.2) is 9.78 Å². The van der Waals surface area contributed by atoms with Crippen LogP contribution >= 0.6 is 35.3 Å². The quantitative estimate of drug-likeness (QED) is 0.328. The fourth-order valence-electron chi connectivity index (χ4n) is 2.97. The molecule has 2 heterocycles. The van der Waals surface area contributed by atoms with Crippen LogP contribution in [-0.4, -0.2) is 60.8 Å². The fourth-order valence-corrected chi connectivity index (χ4v) is 3.98. The maximum absolute atomic E-state index is 11.8. The Morgan fingerprint density at radius 2 is 2.03 bits per heavy atom. The second-order valence-corrected chi connectivity index (χ2v) is 8.93. The summed E-state index contributed by atoms with van der Waals surface area (Å²) in [5.41, 5.74) is 1.24. The Morgan fingerprint density at radius 3 is 2.59 bits per heavy atom. The fraction of sp³-hybridized carbons (Fsp3) is 0.750. The number of nitrogens with one attached hydrogen (secondary N) is 2. The van der Waals surface area contributed by atoms with Gasteiger partial charge >= 0.3 is 6.09 Å². The molecule has 0 radical (unpaired) electrons. The summed E-state index contributed by atoms with van der Waals surface area (Å²) in [7, 11) is 0. The number of carbonyl (C=O) groups is 1. The largest absolute Gasteiger partial charge is 0.450 e. The molecule has 0 unspecified atom stereocenters. The van der Waals surface area contributed by atoms with E-state index in [1.807, 2.05) is 6.92 Å². The lowest BCUT2D eigenvalue weighted by atomic mass is 9.93. The van der Waals surface area contributed by atoms with Crippen LogP contribution in [0.3, 0.4) is 0 Å². The number of aliphatic imine (C=N–C) groups is 1. The molecule has 1 aliphatic rings. The Bertz CT molecular complexity index is 652. The van der Waals surface area contributed by atoms with Crippen molar-refractivity contribution in [1.29, 1.82) is 0 Å². The van der Waals surface area contributed by atoms with Gasteiger partial charge in [-0.1, -0.05) is 20.8 Å². The Morgan fingerprint density at radius 1 is 1.34 bits per heavy atom. The van der Waals surface area contributed by atoms with Crippen LogP contribution in [0.2, 0.25) is 0 Å². The van der Waals surface area contributed by atoms with E-state index in [9.17, 15) is 4.79 Å². The summed E-state index contributed by atoms with van der Waals surface area (Å²) in [6, 6.07) is 0.316. The molecule has 29 heavy (non-hydrogen) atoms. The third-order valence-electron chi connectivity index (χ3n) is 4.62. The molecule has 0 aromatic carbocycles. The summed E-state index contributed by atoms with van der Waals surface area (Å²) in [5.74, 6) is 0.838. The van der Waals surface area contributed by atoms with Gasteiger partial charge in [-0.3, -0.25) is 4.99 Å². The van der Waals surface area contributed by atoms with E-state index in [0.717, 1.165) is 42.5 Å². The van der Waals surface area contributed by atoms with Crippen molar-refractivity contribution in [2.75, 3.05) is 32.8 Å². The lowest BCUT2D eigenvalue weighted by Gasteiger charge is -2.32. The highest BCUT2D eigenvalue weighted by molar-refractivity contribution is 14.0. The number of rotatable bonds is 6. The normalized spacial score (nSPS) is 15.6. The van der Waals surface area contributed by atoms with E-state index in [1.54, 1.807) is 16.2 Å².